The van der Waals surface area contributed by atoms with Crippen LogP contribution in [0.4, 0.5) is 4.39 Å². The van der Waals surface area contributed by atoms with E-state index in [2.05, 4.69) is 5.32 Å². The van der Waals surface area contributed by atoms with E-state index in [9.17, 15) is 28.7 Å². The van der Waals surface area contributed by atoms with E-state index in [1.807, 2.05) is 12.2 Å². The lowest BCUT2D eigenvalue weighted by Gasteiger charge is -2.36. The smallest absolute Gasteiger partial charge is 0.277 e. The van der Waals surface area contributed by atoms with Crippen LogP contribution in [0.2, 0.25) is 0 Å². The van der Waals surface area contributed by atoms with Crippen molar-refractivity contribution in [2.75, 3.05) is 25.3 Å². The van der Waals surface area contributed by atoms with Gasteiger partial charge < -0.3 is 20.1 Å². The Morgan fingerprint density at radius 1 is 1.12 bits per heavy atom. The number of pyridine rings is 1. The highest BCUT2D eigenvalue weighted by molar-refractivity contribution is 6.01. The number of allylic oxidation sites excluding steroid dienone is 1. The Bertz CT molecular complexity index is 1250. The van der Waals surface area contributed by atoms with Crippen LogP contribution in [-0.4, -0.2) is 52.7 Å². The van der Waals surface area contributed by atoms with Gasteiger partial charge in [0, 0.05) is 37.8 Å². The Morgan fingerprint density at radius 2 is 1.88 bits per heavy atom. The molecular weight excluding hydrogens is 447 g/mol. The van der Waals surface area contributed by atoms with Crippen LogP contribution in [-0.2, 0) is 11.3 Å². The molecule has 10 nitrogen and oxygen atoms in total. The number of amides is 3. The molecule has 11 heteroatoms. The van der Waals surface area contributed by atoms with Crippen LogP contribution in [0.1, 0.15) is 45.7 Å². The highest BCUT2D eigenvalue weighted by Gasteiger charge is 2.35. The number of hydrogen-bond acceptors (Lipinski definition) is 6. The summed E-state index contributed by atoms with van der Waals surface area (Å²) in [5.74, 6) is -3.05. The van der Waals surface area contributed by atoms with Crippen molar-refractivity contribution in [1.82, 2.24) is 14.9 Å². The minimum absolute atomic E-state index is 0.0846. The fourth-order valence-electron chi connectivity index (χ4n) is 3.74. The van der Waals surface area contributed by atoms with Crippen molar-refractivity contribution in [2.45, 2.75) is 25.8 Å². The maximum absolute atomic E-state index is 13.7. The van der Waals surface area contributed by atoms with E-state index in [4.69, 9.17) is 4.74 Å². The van der Waals surface area contributed by atoms with Crippen LogP contribution in [0.15, 0.2) is 41.3 Å². The molecule has 1 aromatic carbocycles. The number of rotatable bonds is 0. The molecule has 2 aliphatic heterocycles. The topological polar surface area (TPSA) is 121 Å². The summed E-state index contributed by atoms with van der Waals surface area (Å²) in [6, 6.07) is 3.89. The van der Waals surface area contributed by atoms with Gasteiger partial charge in [0.15, 0.2) is 11.4 Å². The molecular formula is C23H23FN4O6. The minimum Gasteiger partial charge on any atom is -0.502 e. The number of nitrogens with one attached hydrogen (secondary N) is 1. The van der Waals surface area contributed by atoms with E-state index in [1.54, 1.807) is 0 Å². The quantitative estimate of drug-likeness (QED) is 0.559. The largest absolute Gasteiger partial charge is 0.502 e. The molecule has 178 valence electrons. The second-order valence-electron chi connectivity index (χ2n) is 7.93. The third kappa shape index (κ3) is 4.36. The number of hydrogen-bond donors (Lipinski definition) is 2. The summed E-state index contributed by atoms with van der Waals surface area (Å²) < 4.78 is 20.4. The van der Waals surface area contributed by atoms with Crippen molar-refractivity contribution >= 4 is 17.7 Å². The third-order valence-electron chi connectivity index (χ3n) is 5.55. The number of aromatic nitrogens is 1. The zero-order chi connectivity index (χ0) is 24.4. The molecule has 0 spiro atoms. The van der Waals surface area contributed by atoms with Gasteiger partial charge in [-0.2, -0.15) is 0 Å². The molecule has 0 unspecified atom stereocenters. The molecule has 2 aromatic rings. The summed E-state index contributed by atoms with van der Waals surface area (Å²) in [5.41, 5.74) is -1.41. The highest BCUT2D eigenvalue weighted by atomic mass is 19.1. The van der Waals surface area contributed by atoms with Gasteiger partial charge >= 0.3 is 0 Å². The van der Waals surface area contributed by atoms with Crippen LogP contribution >= 0.6 is 0 Å². The van der Waals surface area contributed by atoms with E-state index in [0.717, 1.165) is 10.9 Å². The number of halogens is 1. The molecule has 2 bridgehead atoms. The molecule has 0 fully saturated rings. The normalized spacial score (nSPS) is 18.0. The van der Waals surface area contributed by atoms with E-state index in [-0.39, 0.29) is 37.9 Å². The van der Waals surface area contributed by atoms with Crippen molar-refractivity contribution in [3.05, 3.63) is 69.4 Å². The van der Waals surface area contributed by atoms with E-state index in [1.165, 1.54) is 35.2 Å². The van der Waals surface area contributed by atoms with Crippen LogP contribution in [0.3, 0.4) is 0 Å². The summed E-state index contributed by atoms with van der Waals surface area (Å²) in [6.07, 6.45) is 5.72. The number of ether oxygens (including phenoxy) is 1. The standard InChI is InChI=1S/C23H23FN4O6/c1-26-13-28-18(29)6-4-2-3-5-9-34-17-10-15(24)8-7-14(17)11-25-22(32)16-12-27(28)19(23(26)33)21(31)20(16)30/h2-3,7-8,10,12,31H,4-6,9,11,13H2,1H3,(H,25,32)/b3-2+. The number of aromatic hydroxyl groups is 1. The molecule has 0 saturated carbocycles. The van der Waals surface area contributed by atoms with Crippen LogP contribution in [0, 0.1) is 5.82 Å². The summed E-state index contributed by atoms with van der Waals surface area (Å²) in [4.78, 5) is 52.3. The fraction of sp³-hybridized carbons (Fsp3) is 0.304. The molecule has 0 aliphatic carbocycles. The van der Waals surface area contributed by atoms with Crippen molar-refractivity contribution in [1.29, 1.82) is 0 Å². The van der Waals surface area contributed by atoms with Gasteiger partial charge in [-0.3, -0.25) is 19.2 Å². The fourth-order valence-corrected chi connectivity index (χ4v) is 3.74. The van der Waals surface area contributed by atoms with Crippen LogP contribution in [0.5, 0.6) is 11.5 Å². The zero-order valence-corrected chi connectivity index (χ0v) is 18.4. The lowest BCUT2D eigenvalue weighted by Crippen LogP contribution is -2.55. The van der Waals surface area contributed by atoms with Gasteiger partial charge in [0.1, 0.15) is 23.8 Å². The number of carbonyl (C=O) groups excluding carboxylic acids is 3. The molecule has 1 aromatic heterocycles. The van der Waals surface area contributed by atoms with Gasteiger partial charge in [-0.25, -0.2) is 14.1 Å². The average molecular weight is 470 g/mol. The minimum atomic E-state index is -1.05. The Labute approximate surface area is 193 Å². The average Bonchev–Trinajstić information content (AvgIpc) is 2.81. The van der Waals surface area contributed by atoms with Gasteiger partial charge in [-0.05, 0) is 18.9 Å². The Morgan fingerprint density at radius 3 is 2.68 bits per heavy atom. The second-order valence-corrected chi connectivity index (χ2v) is 7.93. The van der Waals surface area contributed by atoms with Crippen molar-refractivity contribution in [2.24, 2.45) is 0 Å². The Hall–Kier alpha value is -4.15. The summed E-state index contributed by atoms with van der Waals surface area (Å²) in [6.45, 7) is 0.0491. The van der Waals surface area contributed by atoms with Crippen LogP contribution in [0.25, 0.3) is 0 Å². The molecule has 4 rings (SSSR count). The Kier molecular flexibility index (Phi) is 6.35. The van der Waals surface area contributed by atoms with Gasteiger partial charge in [-0.15, -0.1) is 0 Å². The lowest BCUT2D eigenvalue weighted by atomic mass is 10.1. The monoisotopic (exact) mass is 470 g/mol. The summed E-state index contributed by atoms with van der Waals surface area (Å²) in [5, 5.41) is 14.3. The Balaban J connectivity index is 1.78. The van der Waals surface area contributed by atoms with E-state index >= 15 is 0 Å². The van der Waals surface area contributed by atoms with Gasteiger partial charge in [-0.1, -0.05) is 18.2 Å². The molecule has 0 radical (unpaired) electrons. The van der Waals surface area contributed by atoms with Crippen molar-refractivity contribution in [3.63, 3.8) is 0 Å². The molecule has 0 saturated heterocycles. The molecule has 34 heavy (non-hydrogen) atoms. The number of nitrogens with zero attached hydrogens (tertiary/aromatic N) is 3. The molecule has 3 heterocycles. The number of benzene rings is 1. The first-order valence-electron chi connectivity index (χ1n) is 10.7. The van der Waals surface area contributed by atoms with Crippen molar-refractivity contribution in [3.8, 4) is 11.5 Å². The maximum Gasteiger partial charge on any atom is 0.277 e. The predicted octanol–water partition coefficient (Wildman–Crippen LogP) is 1.25. The molecule has 3 amide bonds. The third-order valence-corrected chi connectivity index (χ3v) is 5.55. The lowest BCUT2D eigenvalue weighted by molar-refractivity contribution is -0.120. The summed E-state index contributed by atoms with van der Waals surface area (Å²) in [7, 11) is 1.44. The number of fused-ring (bicyclic) bond motifs is 2. The SMILES string of the molecule is CN1CN2C(=O)CC/C=C/CCOc3cc(F)ccc3CNC(=O)c3cn2c(c(O)c3=O)C1=O. The first kappa shape index (κ1) is 23.0. The van der Waals surface area contributed by atoms with Crippen molar-refractivity contribution < 1.29 is 28.6 Å². The number of carbonyl (C=O) groups is 3. The first-order valence-corrected chi connectivity index (χ1v) is 10.7. The highest BCUT2D eigenvalue weighted by Crippen LogP contribution is 2.23. The van der Waals surface area contributed by atoms with Crippen LogP contribution < -0.4 is 20.5 Å². The zero-order valence-electron chi connectivity index (χ0n) is 18.4. The maximum atomic E-state index is 13.7. The van der Waals surface area contributed by atoms with E-state index < -0.39 is 40.1 Å². The van der Waals surface area contributed by atoms with E-state index in [0.29, 0.717) is 18.4 Å². The van der Waals surface area contributed by atoms with Gasteiger partial charge in [0.25, 0.3) is 11.8 Å². The molecule has 2 aliphatic rings. The first-order chi connectivity index (χ1) is 16.3. The molecule has 2 N–H and O–H groups in total. The summed E-state index contributed by atoms with van der Waals surface area (Å²) >= 11 is 0. The van der Waals surface area contributed by atoms with Gasteiger partial charge in [0.05, 0.1) is 6.61 Å². The second kappa shape index (κ2) is 9.38. The predicted molar refractivity (Wildman–Crippen MR) is 119 cm³/mol. The van der Waals surface area contributed by atoms with Gasteiger partial charge in [0.2, 0.25) is 11.3 Å². The molecule has 0 atom stereocenters.